The van der Waals surface area contributed by atoms with Crippen LogP contribution in [0.2, 0.25) is 0 Å². The highest BCUT2D eigenvalue weighted by atomic mass is 19.4. The third kappa shape index (κ3) is 4.69. The van der Waals surface area contributed by atoms with Gasteiger partial charge in [-0.2, -0.15) is 13.2 Å². The van der Waals surface area contributed by atoms with Gasteiger partial charge in [-0.25, -0.2) is 4.79 Å². The lowest BCUT2D eigenvalue weighted by molar-refractivity contribution is -0.137. The van der Waals surface area contributed by atoms with Gasteiger partial charge in [-0.1, -0.05) is 6.07 Å². The molecule has 9 heteroatoms. The maximum absolute atomic E-state index is 12.7. The van der Waals surface area contributed by atoms with E-state index in [1.807, 2.05) is 0 Å². The second-order valence-corrected chi connectivity index (χ2v) is 5.56. The van der Waals surface area contributed by atoms with E-state index < -0.39 is 30.2 Å². The number of benzene rings is 2. The van der Waals surface area contributed by atoms with Crippen LogP contribution in [0.3, 0.4) is 0 Å². The Morgan fingerprint density at radius 3 is 2.52 bits per heavy atom. The van der Waals surface area contributed by atoms with Gasteiger partial charge in [-0.05, 0) is 36.4 Å². The molecule has 1 amide bonds. The van der Waals surface area contributed by atoms with E-state index in [0.29, 0.717) is 24.7 Å². The average Bonchev–Trinajstić information content (AvgIpc) is 2.65. The Kier molecular flexibility index (Phi) is 5.20. The molecule has 27 heavy (non-hydrogen) atoms. The van der Waals surface area contributed by atoms with E-state index >= 15 is 0 Å². The first-order valence-electron chi connectivity index (χ1n) is 7.87. The fourth-order valence-corrected chi connectivity index (χ4v) is 2.36. The van der Waals surface area contributed by atoms with E-state index in [0.717, 1.165) is 12.1 Å². The highest BCUT2D eigenvalue weighted by Crippen LogP contribution is 2.31. The molecule has 0 aromatic heterocycles. The number of carbonyl (C=O) groups excluding carboxylic acids is 2. The Labute approximate surface area is 151 Å². The summed E-state index contributed by atoms with van der Waals surface area (Å²) in [5.74, 6) is -0.643. The molecular formula is C18H14F3NO5. The fraction of sp³-hybridized carbons (Fsp3) is 0.222. The topological polar surface area (TPSA) is 73.9 Å². The van der Waals surface area contributed by atoms with Crippen molar-refractivity contribution in [2.24, 2.45) is 0 Å². The predicted octanol–water partition coefficient (Wildman–Crippen LogP) is 3.27. The zero-order chi connectivity index (χ0) is 19.4. The number of hydrogen-bond acceptors (Lipinski definition) is 5. The lowest BCUT2D eigenvalue weighted by Crippen LogP contribution is -2.21. The minimum absolute atomic E-state index is 0.0507. The molecule has 0 radical (unpaired) electrons. The molecule has 2 aromatic carbocycles. The first-order chi connectivity index (χ1) is 12.8. The van der Waals surface area contributed by atoms with Crippen molar-refractivity contribution in [2.45, 2.75) is 6.18 Å². The molecule has 6 nitrogen and oxygen atoms in total. The quantitative estimate of drug-likeness (QED) is 0.823. The van der Waals surface area contributed by atoms with Gasteiger partial charge in [-0.15, -0.1) is 0 Å². The SMILES string of the molecule is O=C(COC(=O)c1ccc2c(c1)OCCO2)Nc1cccc(C(F)(F)F)c1. The number of amides is 1. The summed E-state index contributed by atoms with van der Waals surface area (Å²) >= 11 is 0. The summed E-state index contributed by atoms with van der Waals surface area (Å²) in [5, 5.41) is 2.25. The molecular weight excluding hydrogens is 367 g/mol. The number of nitrogens with one attached hydrogen (secondary N) is 1. The van der Waals surface area contributed by atoms with E-state index in [-0.39, 0.29) is 11.3 Å². The zero-order valence-electron chi connectivity index (χ0n) is 13.8. The Hall–Kier alpha value is -3.23. The molecule has 0 saturated heterocycles. The molecule has 0 saturated carbocycles. The van der Waals surface area contributed by atoms with E-state index in [1.54, 1.807) is 6.07 Å². The van der Waals surface area contributed by atoms with Crippen LogP contribution >= 0.6 is 0 Å². The standard InChI is InChI=1S/C18H14F3NO5/c19-18(20,21)12-2-1-3-13(9-12)22-16(23)10-27-17(24)11-4-5-14-15(8-11)26-7-6-25-14/h1-5,8-9H,6-7,10H2,(H,22,23). The maximum Gasteiger partial charge on any atom is 0.416 e. The van der Waals surface area contributed by atoms with E-state index in [9.17, 15) is 22.8 Å². The van der Waals surface area contributed by atoms with Crippen LogP contribution in [0.25, 0.3) is 0 Å². The minimum Gasteiger partial charge on any atom is -0.486 e. The number of alkyl halides is 3. The second kappa shape index (κ2) is 7.56. The Morgan fingerprint density at radius 2 is 1.78 bits per heavy atom. The normalized spacial score (nSPS) is 13.0. The molecule has 0 unspecified atom stereocenters. The summed E-state index contributed by atoms with van der Waals surface area (Å²) in [4.78, 5) is 23.9. The predicted molar refractivity (Wildman–Crippen MR) is 87.8 cm³/mol. The van der Waals surface area contributed by atoms with Crippen LogP contribution in [0.15, 0.2) is 42.5 Å². The van der Waals surface area contributed by atoms with E-state index in [4.69, 9.17) is 14.2 Å². The van der Waals surface area contributed by atoms with Crippen molar-refractivity contribution in [3.8, 4) is 11.5 Å². The zero-order valence-corrected chi connectivity index (χ0v) is 13.8. The molecule has 1 aliphatic heterocycles. The van der Waals surface area contributed by atoms with Crippen LogP contribution in [0.1, 0.15) is 15.9 Å². The summed E-state index contributed by atoms with van der Waals surface area (Å²) in [7, 11) is 0. The van der Waals surface area contributed by atoms with Crippen LogP contribution in [-0.2, 0) is 15.7 Å². The molecule has 1 N–H and O–H groups in total. The summed E-state index contributed by atoms with van der Waals surface area (Å²) in [6, 6.07) is 8.59. The molecule has 1 heterocycles. The van der Waals surface area contributed by atoms with Crippen molar-refractivity contribution < 1.29 is 37.0 Å². The molecule has 0 bridgehead atoms. The largest absolute Gasteiger partial charge is 0.486 e. The second-order valence-electron chi connectivity index (χ2n) is 5.56. The van der Waals surface area contributed by atoms with Crippen molar-refractivity contribution >= 4 is 17.6 Å². The Balaban J connectivity index is 1.57. The summed E-state index contributed by atoms with van der Waals surface area (Å²) in [6.07, 6.45) is -4.52. The highest BCUT2D eigenvalue weighted by molar-refractivity contribution is 5.95. The van der Waals surface area contributed by atoms with Gasteiger partial charge in [-0.3, -0.25) is 4.79 Å². The third-order valence-corrected chi connectivity index (χ3v) is 3.59. The first kappa shape index (κ1) is 18.6. The number of hydrogen-bond donors (Lipinski definition) is 1. The van der Waals surface area contributed by atoms with Crippen LogP contribution in [0.4, 0.5) is 18.9 Å². The van der Waals surface area contributed by atoms with Gasteiger partial charge in [0, 0.05) is 5.69 Å². The van der Waals surface area contributed by atoms with Crippen LogP contribution in [-0.4, -0.2) is 31.7 Å². The number of rotatable bonds is 4. The minimum atomic E-state index is -4.52. The van der Waals surface area contributed by atoms with Crippen molar-refractivity contribution in [3.63, 3.8) is 0 Å². The monoisotopic (exact) mass is 381 g/mol. The van der Waals surface area contributed by atoms with Crippen LogP contribution in [0.5, 0.6) is 11.5 Å². The number of ether oxygens (including phenoxy) is 3. The Morgan fingerprint density at radius 1 is 1.04 bits per heavy atom. The number of anilines is 1. The maximum atomic E-state index is 12.7. The number of esters is 1. The Bertz CT molecular complexity index is 866. The third-order valence-electron chi connectivity index (χ3n) is 3.59. The average molecular weight is 381 g/mol. The molecule has 0 atom stereocenters. The lowest BCUT2D eigenvalue weighted by atomic mass is 10.2. The van der Waals surface area contributed by atoms with Crippen molar-refractivity contribution in [2.75, 3.05) is 25.1 Å². The summed E-state index contributed by atoms with van der Waals surface area (Å²) in [6.45, 7) is 0.112. The fourth-order valence-electron chi connectivity index (χ4n) is 2.36. The van der Waals surface area contributed by atoms with Gasteiger partial charge >= 0.3 is 12.1 Å². The summed E-state index contributed by atoms with van der Waals surface area (Å²) < 4.78 is 53.6. The van der Waals surface area contributed by atoms with Gasteiger partial charge in [0.05, 0.1) is 11.1 Å². The molecule has 2 aromatic rings. The number of halogens is 3. The van der Waals surface area contributed by atoms with Gasteiger partial charge < -0.3 is 19.5 Å². The van der Waals surface area contributed by atoms with E-state index in [1.165, 1.54) is 24.3 Å². The number of carbonyl (C=O) groups is 2. The molecule has 1 aliphatic rings. The molecule has 0 spiro atoms. The van der Waals surface area contributed by atoms with Gasteiger partial charge in [0.2, 0.25) is 0 Å². The van der Waals surface area contributed by atoms with Gasteiger partial charge in [0.1, 0.15) is 13.2 Å². The van der Waals surface area contributed by atoms with Crippen LogP contribution in [0, 0.1) is 0 Å². The summed E-state index contributed by atoms with van der Waals surface area (Å²) in [5.41, 5.74) is -0.787. The van der Waals surface area contributed by atoms with Crippen molar-refractivity contribution in [1.82, 2.24) is 0 Å². The van der Waals surface area contributed by atoms with Crippen molar-refractivity contribution in [3.05, 3.63) is 53.6 Å². The highest BCUT2D eigenvalue weighted by Gasteiger charge is 2.30. The smallest absolute Gasteiger partial charge is 0.416 e. The lowest BCUT2D eigenvalue weighted by Gasteiger charge is -2.18. The van der Waals surface area contributed by atoms with Gasteiger partial charge in [0.15, 0.2) is 18.1 Å². The van der Waals surface area contributed by atoms with Gasteiger partial charge in [0.25, 0.3) is 5.91 Å². The molecule has 3 rings (SSSR count). The van der Waals surface area contributed by atoms with Crippen molar-refractivity contribution in [1.29, 1.82) is 0 Å². The number of fused-ring (bicyclic) bond motifs is 1. The van der Waals surface area contributed by atoms with Crippen LogP contribution < -0.4 is 14.8 Å². The molecule has 0 aliphatic carbocycles. The first-order valence-corrected chi connectivity index (χ1v) is 7.87. The molecule has 142 valence electrons. The molecule has 0 fully saturated rings. The van der Waals surface area contributed by atoms with E-state index in [2.05, 4.69) is 5.32 Å².